The molecule has 11 heavy (non-hydrogen) atoms. The number of ether oxygens (including phenoxy) is 2. The lowest BCUT2D eigenvalue weighted by Crippen LogP contribution is -2.29. The maximum atomic E-state index is 5.50. The lowest BCUT2D eigenvalue weighted by molar-refractivity contribution is -0.186. The second kappa shape index (κ2) is 2.19. The molecule has 1 unspecified atom stereocenters. The second-order valence-electron chi connectivity index (χ2n) is 3.19. The van der Waals surface area contributed by atoms with Crippen LogP contribution in [0.25, 0.3) is 0 Å². The maximum Gasteiger partial charge on any atom is 0.176 e. The first-order chi connectivity index (χ1) is 5.27. The van der Waals surface area contributed by atoms with E-state index in [1.54, 1.807) is 0 Å². The molecule has 1 saturated heterocycles. The van der Waals surface area contributed by atoms with Crippen molar-refractivity contribution in [1.29, 1.82) is 0 Å². The zero-order chi connectivity index (χ0) is 7.90. The van der Waals surface area contributed by atoms with Crippen LogP contribution in [0.3, 0.4) is 0 Å². The Hall–Kier alpha value is -0.600. The molecule has 0 aromatic carbocycles. The second-order valence-corrected chi connectivity index (χ2v) is 3.19. The molecule has 1 aliphatic carbocycles. The summed E-state index contributed by atoms with van der Waals surface area (Å²) in [5, 5.41) is 0. The van der Waals surface area contributed by atoms with Gasteiger partial charge in [-0.2, -0.15) is 0 Å². The van der Waals surface area contributed by atoms with Gasteiger partial charge in [-0.1, -0.05) is 12.7 Å². The summed E-state index contributed by atoms with van der Waals surface area (Å²) in [4.78, 5) is 0. The molecule has 0 aromatic heterocycles. The van der Waals surface area contributed by atoms with E-state index in [1.165, 1.54) is 0 Å². The summed E-state index contributed by atoms with van der Waals surface area (Å²) < 4.78 is 11.0. The molecule has 0 amide bonds. The molecule has 1 heterocycles. The molecule has 0 aromatic rings. The topological polar surface area (TPSA) is 18.5 Å². The quantitative estimate of drug-likeness (QED) is 0.530. The molecule has 0 bridgehead atoms. The van der Waals surface area contributed by atoms with Crippen molar-refractivity contribution in [2.45, 2.75) is 12.2 Å². The van der Waals surface area contributed by atoms with Crippen molar-refractivity contribution < 1.29 is 9.47 Å². The van der Waals surface area contributed by atoms with Crippen molar-refractivity contribution >= 4 is 0 Å². The van der Waals surface area contributed by atoms with Gasteiger partial charge in [0.2, 0.25) is 0 Å². The van der Waals surface area contributed by atoms with Crippen LogP contribution >= 0.6 is 0 Å². The highest BCUT2D eigenvalue weighted by Gasteiger charge is 2.57. The van der Waals surface area contributed by atoms with Gasteiger partial charge in [0.05, 0.1) is 13.2 Å². The Kier molecular flexibility index (Phi) is 1.41. The van der Waals surface area contributed by atoms with E-state index in [9.17, 15) is 0 Å². The Labute approximate surface area is 66.5 Å². The summed E-state index contributed by atoms with van der Waals surface area (Å²) in [7, 11) is 0. The smallest absolute Gasteiger partial charge is 0.176 e. The minimum Gasteiger partial charge on any atom is -0.345 e. The van der Waals surface area contributed by atoms with Crippen LogP contribution in [0.15, 0.2) is 24.8 Å². The summed E-state index contributed by atoms with van der Waals surface area (Å²) >= 11 is 0. The van der Waals surface area contributed by atoms with Crippen molar-refractivity contribution in [3.63, 3.8) is 0 Å². The Morgan fingerprint density at radius 2 is 2.09 bits per heavy atom. The summed E-state index contributed by atoms with van der Waals surface area (Å²) in [6.07, 6.45) is 2.86. The Balaban J connectivity index is 1.99. The van der Waals surface area contributed by atoms with Crippen LogP contribution in [-0.4, -0.2) is 19.0 Å². The summed E-state index contributed by atoms with van der Waals surface area (Å²) in [6, 6.07) is 0. The zero-order valence-electron chi connectivity index (χ0n) is 6.51. The summed E-state index contributed by atoms with van der Waals surface area (Å²) in [5.41, 5.74) is 1.02. The highest BCUT2D eigenvalue weighted by atomic mass is 16.7. The molecule has 60 valence electrons. The fraction of sp³-hybridized carbons (Fsp3) is 0.556. The number of rotatable bonds is 1. The van der Waals surface area contributed by atoms with Gasteiger partial charge >= 0.3 is 0 Å². The van der Waals surface area contributed by atoms with E-state index < -0.39 is 0 Å². The Morgan fingerprint density at radius 1 is 1.45 bits per heavy atom. The Morgan fingerprint density at radius 3 is 2.55 bits per heavy atom. The molecule has 2 nitrogen and oxygen atoms in total. The van der Waals surface area contributed by atoms with Gasteiger partial charge in [-0.25, -0.2) is 0 Å². The van der Waals surface area contributed by atoms with Gasteiger partial charge in [-0.3, -0.25) is 0 Å². The molecule has 2 fully saturated rings. The van der Waals surface area contributed by atoms with Crippen LogP contribution in [0.4, 0.5) is 0 Å². The van der Waals surface area contributed by atoms with Gasteiger partial charge in [-0.05, 0) is 5.57 Å². The van der Waals surface area contributed by atoms with Crippen LogP contribution in [0.1, 0.15) is 6.42 Å². The molecule has 1 spiro atoms. The first kappa shape index (κ1) is 7.07. The minimum absolute atomic E-state index is 0.303. The zero-order valence-corrected chi connectivity index (χ0v) is 6.51. The molecule has 1 aliphatic heterocycles. The van der Waals surface area contributed by atoms with E-state index in [4.69, 9.17) is 9.47 Å². The van der Waals surface area contributed by atoms with Crippen LogP contribution in [0, 0.1) is 5.92 Å². The molecule has 1 saturated carbocycles. The largest absolute Gasteiger partial charge is 0.345 e. The van der Waals surface area contributed by atoms with Gasteiger partial charge in [0, 0.05) is 12.3 Å². The average Bonchev–Trinajstić information content (AvgIpc) is 2.71. The predicted octanol–water partition coefficient (Wildman–Crippen LogP) is 1.49. The molecule has 2 aliphatic rings. The van der Waals surface area contributed by atoms with Gasteiger partial charge in [0.15, 0.2) is 5.79 Å². The fourth-order valence-electron chi connectivity index (χ4n) is 1.37. The van der Waals surface area contributed by atoms with E-state index in [-0.39, 0.29) is 5.79 Å². The van der Waals surface area contributed by atoms with E-state index >= 15 is 0 Å². The molecule has 0 radical (unpaired) electrons. The third kappa shape index (κ3) is 1.03. The van der Waals surface area contributed by atoms with Crippen LogP contribution in [0.2, 0.25) is 0 Å². The molecule has 1 atom stereocenters. The van der Waals surface area contributed by atoms with Crippen molar-refractivity contribution in [2.75, 3.05) is 13.2 Å². The van der Waals surface area contributed by atoms with Crippen LogP contribution in [-0.2, 0) is 9.47 Å². The van der Waals surface area contributed by atoms with Crippen molar-refractivity contribution in [3.8, 4) is 0 Å². The fourth-order valence-corrected chi connectivity index (χ4v) is 1.37. The van der Waals surface area contributed by atoms with Crippen molar-refractivity contribution in [2.24, 2.45) is 5.92 Å². The van der Waals surface area contributed by atoms with Gasteiger partial charge in [-0.15, -0.1) is 6.58 Å². The van der Waals surface area contributed by atoms with Crippen molar-refractivity contribution in [3.05, 3.63) is 24.8 Å². The van der Waals surface area contributed by atoms with E-state index in [0.717, 1.165) is 12.0 Å². The third-order valence-electron chi connectivity index (χ3n) is 2.23. The van der Waals surface area contributed by atoms with Gasteiger partial charge in [0.1, 0.15) is 0 Å². The number of hydrogen-bond acceptors (Lipinski definition) is 2. The lowest BCUT2D eigenvalue weighted by atomic mass is 10.3. The summed E-state index contributed by atoms with van der Waals surface area (Å²) in [6.45, 7) is 8.78. The molecule has 0 N–H and O–H groups in total. The van der Waals surface area contributed by atoms with Gasteiger partial charge in [0.25, 0.3) is 0 Å². The van der Waals surface area contributed by atoms with Gasteiger partial charge < -0.3 is 9.47 Å². The first-order valence-electron chi connectivity index (χ1n) is 3.84. The SMILES string of the molecule is C=CC1CC12OCC(=C)CO2. The summed E-state index contributed by atoms with van der Waals surface area (Å²) in [5.74, 6) is 0.0961. The Bertz CT molecular complexity index is 198. The standard InChI is InChI=1S/C9H12O2/c1-3-8-4-9(8)10-5-7(2)6-11-9/h3,8H,1-2,4-6H2. The van der Waals surface area contributed by atoms with E-state index in [0.29, 0.717) is 19.1 Å². The predicted molar refractivity (Wildman–Crippen MR) is 42.1 cm³/mol. The first-order valence-corrected chi connectivity index (χ1v) is 3.84. The van der Waals surface area contributed by atoms with E-state index in [1.807, 2.05) is 6.08 Å². The van der Waals surface area contributed by atoms with E-state index in [2.05, 4.69) is 13.2 Å². The minimum atomic E-state index is -0.303. The molecule has 2 heteroatoms. The highest BCUT2D eigenvalue weighted by molar-refractivity contribution is 5.11. The van der Waals surface area contributed by atoms with Crippen LogP contribution < -0.4 is 0 Å². The average molecular weight is 152 g/mol. The number of hydrogen-bond donors (Lipinski definition) is 0. The van der Waals surface area contributed by atoms with Crippen LogP contribution in [0.5, 0.6) is 0 Å². The maximum absolute atomic E-state index is 5.50. The molecule has 2 rings (SSSR count). The molecular formula is C9H12O2. The lowest BCUT2D eigenvalue weighted by Gasteiger charge is -2.25. The normalized spacial score (nSPS) is 33.8. The molecular weight excluding hydrogens is 140 g/mol. The third-order valence-corrected chi connectivity index (χ3v) is 2.23. The van der Waals surface area contributed by atoms with Crippen molar-refractivity contribution in [1.82, 2.24) is 0 Å². The highest BCUT2D eigenvalue weighted by Crippen LogP contribution is 2.50. The monoisotopic (exact) mass is 152 g/mol.